The van der Waals surface area contributed by atoms with E-state index in [4.69, 9.17) is 0 Å². The lowest BCUT2D eigenvalue weighted by atomic mass is 10.5. The largest absolute Gasteiger partial charge is 0.284 e. The predicted molar refractivity (Wildman–Crippen MR) is 21.9 cm³/mol. The summed E-state index contributed by atoms with van der Waals surface area (Å²) in [5, 5.41) is 6.72. The Morgan fingerprint density at radius 2 is 1.25 bits per heavy atom. The highest BCUT2D eigenvalue weighted by Gasteiger charge is 1.35. The van der Waals surface area contributed by atoms with E-state index in [1.807, 2.05) is 0 Å². The van der Waals surface area contributed by atoms with Gasteiger partial charge in [-0.3, -0.25) is 10.1 Å². The fourth-order valence-electron chi connectivity index (χ4n) is 0. The molecule has 0 N–H and O–H groups in total. The van der Waals surface area contributed by atoms with Crippen molar-refractivity contribution in [2.75, 3.05) is 0 Å². The van der Waals surface area contributed by atoms with Crippen LogP contribution in [0, 0.1) is 0 Å². The monoisotopic (exact) mass is 54.1 g/mol. The number of rotatable bonds is 0. The molecule has 0 aliphatic rings. The molecule has 0 aliphatic carbocycles. The van der Waals surface area contributed by atoms with E-state index in [9.17, 15) is 0 Å². The fourth-order valence-corrected chi connectivity index (χ4v) is 0. The van der Waals surface area contributed by atoms with Gasteiger partial charge < -0.3 is 0 Å². The standard InChI is InChI=1S/B2H4N2/c1-3-4-2/h1-2H2. The van der Waals surface area contributed by atoms with Crippen LogP contribution in [-0.2, 0) is 0 Å². The van der Waals surface area contributed by atoms with Crippen molar-refractivity contribution in [2.45, 2.75) is 0 Å². The summed E-state index contributed by atoms with van der Waals surface area (Å²) in [5.41, 5.74) is 0. The van der Waals surface area contributed by atoms with Crippen molar-refractivity contribution in [1.82, 2.24) is 0 Å². The minimum absolute atomic E-state index is 1.64. The van der Waals surface area contributed by atoms with Gasteiger partial charge in [0.15, 0.2) is 0 Å². The Morgan fingerprint density at radius 1 is 1.00 bits per heavy atom. The Kier molecular flexibility index (Phi) is 2.55. The molecule has 0 fully saturated rings. The first-order valence-corrected chi connectivity index (χ1v) is 1.09. The molecule has 0 rings (SSSR count). The molecular formula is H4B2N2. The van der Waals surface area contributed by atoms with E-state index in [1.54, 1.807) is 16.0 Å². The first kappa shape index (κ1) is 3.73. The Morgan fingerprint density at radius 3 is 1.25 bits per heavy atom. The van der Waals surface area contributed by atoms with Gasteiger partial charge in [0, 0.05) is 0 Å². The number of nitrogens with zero attached hydrogens (tertiary/aromatic N) is 2. The molecule has 0 unspecified atom stereocenters. The van der Waals surface area contributed by atoms with Crippen molar-refractivity contribution in [3.63, 3.8) is 0 Å². The fraction of sp³-hybridized carbons (Fsp3) is 0. The lowest BCUT2D eigenvalue weighted by Crippen LogP contribution is -1.45. The highest BCUT2D eigenvalue weighted by molar-refractivity contribution is 6.09. The molecule has 4 heavy (non-hydrogen) atoms. The molecule has 0 radical (unpaired) electrons. The minimum Gasteiger partial charge on any atom is -0.284 e. The maximum absolute atomic E-state index is 3.36. The topological polar surface area (TPSA) is 24.7 Å². The molecule has 0 heterocycles. The van der Waals surface area contributed by atoms with Gasteiger partial charge in [-0.2, -0.15) is 0 Å². The summed E-state index contributed by atoms with van der Waals surface area (Å²) in [7, 11) is 3.28. The number of hydrogen-bond acceptors (Lipinski definition) is 2. The maximum atomic E-state index is 3.36. The molecule has 0 saturated heterocycles. The van der Waals surface area contributed by atoms with Crippen LogP contribution in [0.5, 0.6) is 0 Å². The van der Waals surface area contributed by atoms with Crippen LogP contribution in [0.2, 0.25) is 0 Å². The molecule has 4 heteroatoms. The van der Waals surface area contributed by atoms with Crippen LogP contribution in [0.25, 0.3) is 0 Å². The SMILES string of the molecule is BN=NB. The highest BCUT2D eigenvalue weighted by atomic mass is 15.0. The zero-order chi connectivity index (χ0) is 3.41. The summed E-state index contributed by atoms with van der Waals surface area (Å²) in [5.74, 6) is 0. The van der Waals surface area contributed by atoms with E-state index in [1.165, 1.54) is 0 Å². The molecule has 0 aliphatic heterocycles. The van der Waals surface area contributed by atoms with Crippen molar-refractivity contribution >= 4 is 16.0 Å². The second-order valence-corrected chi connectivity index (χ2v) is 0.400. The average molecular weight is 53.7 g/mol. The van der Waals surface area contributed by atoms with E-state index < -0.39 is 0 Å². The third kappa shape index (κ3) is 1.73. The van der Waals surface area contributed by atoms with Gasteiger partial charge in [0.05, 0.1) is 0 Å². The normalized spacial score (nSPS) is 9.00. The Balaban J connectivity index is 2.55. The zero-order valence-corrected chi connectivity index (χ0v) is 2.89. The predicted octanol–water partition coefficient (Wildman–Crippen LogP) is -1.47. The van der Waals surface area contributed by atoms with Crippen molar-refractivity contribution in [1.29, 1.82) is 0 Å². The third-order valence-corrected chi connectivity index (χ3v) is 0.200. The molecule has 0 aromatic rings. The Hall–Kier alpha value is -0.270. The summed E-state index contributed by atoms with van der Waals surface area (Å²) >= 11 is 0. The van der Waals surface area contributed by atoms with Crippen LogP contribution in [0.4, 0.5) is 0 Å². The first-order valence-electron chi connectivity index (χ1n) is 1.09. The average Bonchev–Trinajstić information content (AvgIpc) is 1.37. The van der Waals surface area contributed by atoms with E-state index in [-0.39, 0.29) is 0 Å². The summed E-state index contributed by atoms with van der Waals surface area (Å²) in [4.78, 5) is 0. The van der Waals surface area contributed by atoms with Gasteiger partial charge in [0.1, 0.15) is 0 Å². The van der Waals surface area contributed by atoms with E-state index >= 15 is 0 Å². The molecule has 0 aromatic heterocycles. The zero-order valence-electron chi connectivity index (χ0n) is 2.89. The van der Waals surface area contributed by atoms with Gasteiger partial charge >= 0.3 is 0 Å². The van der Waals surface area contributed by atoms with Gasteiger partial charge in [-0.15, -0.1) is 0 Å². The van der Waals surface area contributed by atoms with Gasteiger partial charge in [0.2, 0.25) is 0 Å². The molecule has 2 nitrogen and oxygen atoms in total. The Labute approximate surface area is 27.2 Å². The van der Waals surface area contributed by atoms with E-state index in [0.717, 1.165) is 0 Å². The van der Waals surface area contributed by atoms with Crippen LogP contribution in [0.3, 0.4) is 0 Å². The van der Waals surface area contributed by atoms with Crippen LogP contribution < -0.4 is 0 Å². The molecule has 0 bridgehead atoms. The first-order chi connectivity index (χ1) is 1.91. The lowest BCUT2D eigenvalue weighted by Gasteiger charge is -1.54. The lowest BCUT2D eigenvalue weighted by molar-refractivity contribution is 1.49. The quantitative estimate of drug-likeness (QED) is 0.238. The summed E-state index contributed by atoms with van der Waals surface area (Å²) in [6, 6.07) is 0. The molecule has 0 amide bonds. The van der Waals surface area contributed by atoms with Gasteiger partial charge in [-0.25, -0.2) is 0 Å². The van der Waals surface area contributed by atoms with Crippen molar-refractivity contribution < 1.29 is 0 Å². The molecule has 20 valence electrons. The minimum atomic E-state index is 1.64. The van der Waals surface area contributed by atoms with Crippen LogP contribution >= 0.6 is 0 Å². The van der Waals surface area contributed by atoms with Crippen molar-refractivity contribution in [3.8, 4) is 0 Å². The second-order valence-electron chi connectivity index (χ2n) is 0.400. The Bertz CT molecular complexity index is 19.2. The van der Waals surface area contributed by atoms with E-state index in [2.05, 4.69) is 10.1 Å². The molecule has 0 saturated carbocycles. The van der Waals surface area contributed by atoms with Gasteiger partial charge in [-0.05, 0) is 0 Å². The van der Waals surface area contributed by atoms with E-state index in [0.29, 0.717) is 0 Å². The van der Waals surface area contributed by atoms with Crippen LogP contribution in [0.15, 0.2) is 10.1 Å². The molecule has 0 aromatic carbocycles. The van der Waals surface area contributed by atoms with Crippen molar-refractivity contribution in [2.24, 2.45) is 10.1 Å². The summed E-state index contributed by atoms with van der Waals surface area (Å²) < 4.78 is 0. The highest BCUT2D eigenvalue weighted by Crippen LogP contribution is 1.44. The maximum Gasteiger partial charge on any atom is 0.271 e. The number of hydrogen-bond donors (Lipinski definition) is 0. The van der Waals surface area contributed by atoms with Gasteiger partial charge in [0.25, 0.3) is 16.0 Å². The molecule has 0 spiro atoms. The summed E-state index contributed by atoms with van der Waals surface area (Å²) in [6.07, 6.45) is 0. The smallest absolute Gasteiger partial charge is 0.271 e. The second kappa shape index (κ2) is 2.73. The van der Waals surface area contributed by atoms with Crippen LogP contribution in [-0.4, -0.2) is 16.0 Å². The van der Waals surface area contributed by atoms with Crippen molar-refractivity contribution in [3.05, 3.63) is 0 Å². The van der Waals surface area contributed by atoms with Gasteiger partial charge in [-0.1, -0.05) is 0 Å². The summed E-state index contributed by atoms with van der Waals surface area (Å²) in [6.45, 7) is 0. The van der Waals surface area contributed by atoms with Crippen LogP contribution in [0.1, 0.15) is 0 Å². The molecular weight excluding hydrogens is 49.6 g/mol. The third-order valence-electron chi connectivity index (χ3n) is 0.200. The molecule has 0 atom stereocenters.